The molecule has 8 heteroatoms. The molecule has 1 atom stereocenters. The fourth-order valence-corrected chi connectivity index (χ4v) is 2.27. The molecule has 0 bridgehead atoms. The molecule has 0 aliphatic carbocycles. The highest BCUT2D eigenvalue weighted by Crippen LogP contribution is 2.15. The average Bonchev–Trinajstić information content (AvgIpc) is 2.56. The van der Waals surface area contributed by atoms with Gasteiger partial charge in [-0.05, 0) is 18.9 Å². The van der Waals surface area contributed by atoms with Crippen LogP contribution in [0.5, 0.6) is 0 Å². The summed E-state index contributed by atoms with van der Waals surface area (Å²) in [7, 11) is 0. The molecule has 2 rings (SSSR count). The van der Waals surface area contributed by atoms with Crippen LogP contribution in [0.15, 0.2) is 29.1 Å². The summed E-state index contributed by atoms with van der Waals surface area (Å²) in [5, 5.41) is 25.3. The van der Waals surface area contributed by atoms with Crippen molar-refractivity contribution in [3.8, 4) is 6.07 Å². The Morgan fingerprint density at radius 1 is 1.36 bits per heavy atom. The van der Waals surface area contributed by atoms with E-state index in [1.807, 2.05) is 6.07 Å². The molecule has 2 aromatic rings. The summed E-state index contributed by atoms with van der Waals surface area (Å²) in [6.45, 7) is 4.67. The van der Waals surface area contributed by atoms with Gasteiger partial charge >= 0.3 is 5.97 Å². The van der Waals surface area contributed by atoms with Crippen molar-refractivity contribution in [2.45, 2.75) is 32.9 Å². The number of nitrogens with zero attached hydrogens (tertiary/aromatic N) is 3. The Bertz CT molecular complexity index is 942. The van der Waals surface area contributed by atoms with Gasteiger partial charge in [-0.1, -0.05) is 32.0 Å². The highest BCUT2D eigenvalue weighted by molar-refractivity contribution is 6.01. The van der Waals surface area contributed by atoms with Gasteiger partial charge in [0.2, 0.25) is 5.91 Å². The van der Waals surface area contributed by atoms with Gasteiger partial charge in [0.1, 0.15) is 12.1 Å². The first-order valence-electron chi connectivity index (χ1n) is 7.65. The Labute approximate surface area is 143 Å². The van der Waals surface area contributed by atoms with Crippen molar-refractivity contribution in [3.05, 3.63) is 40.3 Å². The third-order valence-electron chi connectivity index (χ3n) is 4.15. The van der Waals surface area contributed by atoms with Crippen LogP contribution in [0.2, 0.25) is 0 Å². The van der Waals surface area contributed by atoms with E-state index in [2.05, 4.69) is 10.4 Å². The van der Waals surface area contributed by atoms with Crippen molar-refractivity contribution >= 4 is 22.6 Å². The predicted molar refractivity (Wildman–Crippen MR) is 90.0 cm³/mol. The number of carbonyl (C=O) groups is 2. The van der Waals surface area contributed by atoms with E-state index < -0.39 is 29.5 Å². The molecule has 1 heterocycles. The topological polar surface area (TPSA) is 125 Å². The van der Waals surface area contributed by atoms with Crippen LogP contribution in [-0.4, -0.2) is 32.3 Å². The Kier molecular flexibility index (Phi) is 4.88. The number of fused-ring (bicyclic) bond motifs is 1. The van der Waals surface area contributed by atoms with Gasteiger partial charge in [-0.25, -0.2) is 9.48 Å². The van der Waals surface area contributed by atoms with Crippen LogP contribution in [-0.2, 0) is 11.3 Å². The summed E-state index contributed by atoms with van der Waals surface area (Å²) >= 11 is 0. The number of nitriles is 1. The first-order valence-corrected chi connectivity index (χ1v) is 7.65. The van der Waals surface area contributed by atoms with Crippen LogP contribution in [0.1, 0.15) is 31.3 Å². The quantitative estimate of drug-likeness (QED) is 0.839. The zero-order valence-electron chi connectivity index (χ0n) is 14.1. The first kappa shape index (κ1) is 18.1. The fraction of sp³-hybridized carbons (Fsp3) is 0.353. The number of nitrogens with one attached hydrogen (secondary N) is 1. The Morgan fingerprint density at radius 2 is 1.96 bits per heavy atom. The number of hydrogen-bond donors (Lipinski definition) is 2. The minimum atomic E-state index is -1.30. The molecule has 0 radical (unpaired) electrons. The number of carboxylic acids is 1. The molecule has 0 saturated carbocycles. The number of carbonyl (C=O) groups excluding carboxylic acids is 1. The number of aromatic carboxylic acids is 1. The molecule has 0 saturated heterocycles. The average molecular weight is 342 g/mol. The molecular weight excluding hydrogens is 324 g/mol. The van der Waals surface area contributed by atoms with Gasteiger partial charge in [0.05, 0.1) is 11.5 Å². The second-order valence-electron chi connectivity index (χ2n) is 6.18. The first-order chi connectivity index (χ1) is 11.7. The molecule has 130 valence electrons. The summed E-state index contributed by atoms with van der Waals surface area (Å²) in [6.07, 6.45) is 0. The number of aromatic nitrogens is 2. The summed E-state index contributed by atoms with van der Waals surface area (Å²) < 4.78 is 0.805. The summed E-state index contributed by atoms with van der Waals surface area (Å²) in [5.74, 6) is -2.05. The maximum atomic E-state index is 12.5. The highest BCUT2D eigenvalue weighted by Gasteiger charge is 2.30. The number of carboxylic acid groups (broad SMARTS) is 1. The van der Waals surface area contributed by atoms with E-state index in [1.54, 1.807) is 32.9 Å². The molecule has 1 aromatic carbocycles. The number of rotatable bonds is 5. The molecule has 0 spiro atoms. The zero-order chi connectivity index (χ0) is 18.8. The monoisotopic (exact) mass is 342 g/mol. The van der Waals surface area contributed by atoms with Crippen molar-refractivity contribution in [2.24, 2.45) is 5.92 Å². The van der Waals surface area contributed by atoms with Crippen LogP contribution >= 0.6 is 0 Å². The van der Waals surface area contributed by atoms with E-state index >= 15 is 0 Å². The number of benzene rings is 1. The van der Waals surface area contributed by atoms with Crippen molar-refractivity contribution in [2.75, 3.05) is 0 Å². The predicted octanol–water partition coefficient (Wildman–Crippen LogP) is 1.15. The van der Waals surface area contributed by atoms with Crippen LogP contribution < -0.4 is 10.9 Å². The molecule has 8 nitrogen and oxygen atoms in total. The van der Waals surface area contributed by atoms with Gasteiger partial charge in [0.15, 0.2) is 5.69 Å². The largest absolute Gasteiger partial charge is 0.476 e. The molecule has 2 N–H and O–H groups in total. The number of amides is 1. The minimum absolute atomic E-state index is 0.155. The van der Waals surface area contributed by atoms with E-state index in [0.29, 0.717) is 0 Å². The maximum absolute atomic E-state index is 12.5. The van der Waals surface area contributed by atoms with Crippen molar-refractivity contribution in [1.82, 2.24) is 15.1 Å². The van der Waals surface area contributed by atoms with Gasteiger partial charge in [-0.3, -0.25) is 9.59 Å². The number of hydrogen-bond acceptors (Lipinski definition) is 5. The van der Waals surface area contributed by atoms with Crippen molar-refractivity contribution in [3.63, 3.8) is 0 Å². The van der Waals surface area contributed by atoms with Crippen LogP contribution in [0, 0.1) is 17.2 Å². The lowest BCUT2D eigenvalue weighted by atomic mass is 9.90. The molecule has 0 unspecified atom stereocenters. The van der Waals surface area contributed by atoms with E-state index in [0.717, 1.165) is 4.68 Å². The van der Waals surface area contributed by atoms with E-state index in [-0.39, 0.29) is 22.4 Å². The third-order valence-corrected chi connectivity index (χ3v) is 4.15. The van der Waals surface area contributed by atoms with Crippen LogP contribution in [0.4, 0.5) is 0 Å². The second-order valence-corrected chi connectivity index (χ2v) is 6.18. The smallest absolute Gasteiger partial charge is 0.357 e. The van der Waals surface area contributed by atoms with E-state index in [1.165, 1.54) is 12.1 Å². The minimum Gasteiger partial charge on any atom is -0.476 e. The van der Waals surface area contributed by atoms with Crippen molar-refractivity contribution in [1.29, 1.82) is 5.26 Å². The van der Waals surface area contributed by atoms with Crippen LogP contribution in [0.25, 0.3) is 10.8 Å². The van der Waals surface area contributed by atoms with Gasteiger partial charge in [0, 0.05) is 5.39 Å². The van der Waals surface area contributed by atoms with Crippen molar-refractivity contribution < 1.29 is 14.7 Å². The standard InChI is InChI=1S/C17H18N4O4/c1-10(2)17(3,9-18)19-13(22)8-21-15(23)12-7-5-4-6-11(12)14(20-21)16(24)25/h4-7,10H,8H2,1-3H3,(H,19,22)(H,24,25)/t17-/m0/s1. The highest BCUT2D eigenvalue weighted by atomic mass is 16.4. The lowest BCUT2D eigenvalue weighted by Gasteiger charge is -2.27. The summed E-state index contributed by atoms with van der Waals surface area (Å²) in [6, 6.07) is 8.21. The molecule has 1 amide bonds. The molecule has 0 fully saturated rings. The Balaban J connectivity index is 2.44. The van der Waals surface area contributed by atoms with E-state index in [9.17, 15) is 24.8 Å². The van der Waals surface area contributed by atoms with Gasteiger partial charge in [-0.15, -0.1) is 0 Å². The van der Waals surface area contributed by atoms with Gasteiger partial charge in [0.25, 0.3) is 5.56 Å². The molecule has 0 aliphatic rings. The summed E-state index contributed by atoms with van der Waals surface area (Å²) in [4.78, 5) is 36.1. The lowest BCUT2D eigenvalue weighted by molar-refractivity contribution is -0.123. The zero-order valence-corrected chi connectivity index (χ0v) is 14.1. The Morgan fingerprint density at radius 3 is 2.48 bits per heavy atom. The van der Waals surface area contributed by atoms with Gasteiger partial charge < -0.3 is 10.4 Å². The van der Waals surface area contributed by atoms with E-state index in [4.69, 9.17) is 0 Å². The SMILES string of the molecule is CC(C)[C@](C)(C#N)NC(=O)Cn1nc(C(=O)O)c2ccccc2c1=O. The molecular formula is C17H18N4O4. The lowest BCUT2D eigenvalue weighted by Crippen LogP contribution is -2.50. The normalized spacial score (nSPS) is 13.2. The summed E-state index contributed by atoms with van der Waals surface area (Å²) in [5.41, 5.74) is -1.98. The molecule has 1 aromatic heterocycles. The van der Waals surface area contributed by atoms with Crippen LogP contribution in [0.3, 0.4) is 0 Å². The third kappa shape index (κ3) is 3.50. The second kappa shape index (κ2) is 6.73. The van der Waals surface area contributed by atoms with Gasteiger partial charge in [-0.2, -0.15) is 10.4 Å². The fourth-order valence-electron chi connectivity index (χ4n) is 2.27. The molecule has 25 heavy (non-hydrogen) atoms. The molecule has 0 aliphatic heterocycles. The Hall–Kier alpha value is -3.21. The maximum Gasteiger partial charge on any atom is 0.357 e.